The van der Waals surface area contributed by atoms with Gasteiger partial charge in [0.25, 0.3) is 11.6 Å². The third-order valence-electron chi connectivity index (χ3n) is 3.10. The number of nitrogens with one attached hydrogen (secondary N) is 1. The van der Waals surface area contributed by atoms with Crippen molar-refractivity contribution in [1.29, 1.82) is 0 Å². The highest BCUT2D eigenvalue weighted by Gasteiger charge is 2.25. The Labute approximate surface area is 156 Å². The Morgan fingerprint density at radius 1 is 1.20 bits per heavy atom. The number of amides is 1. The Morgan fingerprint density at radius 3 is 2.40 bits per heavy atom. The van der Waals surface area contributed by atoms with Gasteiger partial charge in [-0.2, -0.15) is 0 Å². The van der Waals surface area contributed by atoms with E-state index in [4.69, 9.17) is 23.2 Å². The predicted octanol–water partition coefficient (Wildman–Crippen LogP) is 4.11. The van der Waals surface area contributed by atoms with E-state index in [0.29, 0.717) is 9.92 Å². The highest BCUT2D eigenvalue weighted by molar-refractivity contribution is 7.99. The average Bonchev–Trinajstić information content (AvgIpc) is 2.56. The van der Waals surface area contributed by atoms with Crippen molar-refractivity contribution in [3.63, 3.8) is 0 Å². The number of nitro groups is 1. The summed E-state index contributed by atoms with van der Waals surface area (Å²) in [6.45, 7) is 0. The lowest BCUT2D eigenvalue weighted by molar-refractivity contribution is -0.385. The van der Waals surface area contributed by atoms with Crippen LogP contribution in [0.2, 0.25) is 10.0 Å². The van der Waals surface area contributed by atoms with Gasteiger partial charge in [-0.1, -0.05) is 35.0 Å². The number of halogens is 2. The standard InChI is InChI=1S/C15H10Cl2N2O5S/c1-18-14(20)9-4-7(19(23)24)5-12(13(9)15(21)22)25-8-2-3-10(16)11(17)6-8/h2-6H,1H3,(H,18,20)(H,21,22). The van der Waals surface area contributed by atoms with E-state index in [1.54, 1.807) is 6.07 Å². The molecule has 7 nitrogen and oxygen atoms in total. The summed E-state index contributed by atoms with van der Waals surface area (Å²) in [4.78, 5) is 34.6. The number of nitro benzene ring substituents is 1. The number of hydrogen-bond acceptors (Lipinski definition) is 5. The lowest BCUT2D eigenvalue weighted by Gasteiger charge is -2.11. The number of nitrogens with zero attached hydrogens (tertiary/aromatic N) is 1. The molecule has 0 atom stereocenters. The first-order valence-corrected chi connectivity index (χ1v) is 8.22. The SMILES string of the molecule is CNC(=O)c1cc([N+](=O)[O-])cc(Sc2ccc(Cl)c(Cl)c2)c1C(=O)O. The maximum atomic E-state index is 12.0. The predicted molar refractivity (Wildman–Crippen MR) is 94.0 cm³/mol. The van der Waals surface area contributed by atoms with Gasteiger partial charge < -0.3 is 10.4 Å². The minimum absolute atomic E-state index is 0.0405. The zero-order chi connectivity index (χ0) is 18.7. The van der Waals surface area contributed by atoms with Crippen LogP contribution in [-0.4, -0.2) is 29.0 Å². The van der Waals surface area contributed by atoms with E-state index in [1.807, 2.05) is 0 Å². The lowest BCUT2D eigenvalue weighted by atomic mass is 10.1. The Kier molecular flexibility index (Phi) is 5.89. The molecule has 0 radical (unpaired) electrons. The molecule has 0 aliphatic rings. The third-order valence-corrected chi connectivity index (χ3v) is 4.87. The van der Waals surface area contributed by atoms with Crippen molar-refractivity contribution in [2.75, 3.05) is 7.05 Å². The molecule has 2 aromatic carbocycles. The fourth-order valence-corrected chi connectivity index (χ4v) is 3.40. The topological polar surface area (TPSA) is 110 Å². The minimum Gasteiger partial charge on any atom is -0.478 e. The van der Waals surface area contributed by atoms with Gasteiger partial charge >= 0.3 is 5.97 Å². The number of aromatic carboxylic acids is 1. The van der Waals surface area contributed by atoms with E-state index in [2.05, 4.69) is 5.32 Å². The second kappa shape index (κ2) is 7.73. The second-order valence-corrected chi connectivity index (χ2v) is 6.62. The summed E-state index contributed by atoms with van der Waals surface area (Å²) in [5.74, 6) is -2.12. The number of carbonyl (C=O) groups is 2. The van der Waals surface area contributed by atoms with Crippen molar-refractivity contribution in [3.8, 4) is 0 Å². The molecule has 0 saturated heterocycles. The summed E-state index contributed by atoms with van der Waals surface area (Å²) < 4.78 is 0. The second-order valence-electron chi connectivity index (χ2n) is 4.69. The van der Waals surface area contributed by atoms with Gasteiger partial charge in [0, 0.05) is 29.0 Å². The number of non-ortho nitro benzene ring substituents is 1. The van der Waals surface area contributed by atoms with Gasteiger partial charge in [-0.3, -0.25) is 14.9 Å². The maximum absolute atomic E-state index is 12.0. The van der Waals surface area contributed by atoms with Crippen molar-refractivity contribution in [2.24, 2.45) is 0 Å². The number of carbonyl (C=O) groups excluding carboxylic acids is 1. The largest absolute Gasteiger partial charge is 0.478 e. The lowest BCUT2D eigenvalue weighted by Crippen LogP contribution is -2.22. The third kappa shape index (κ3) is 4.22. The van der Waals surface area contributed by atoms with Crippen LogP contribution in [0, 0.1) is 10.1 Å². The first kappa shape index (κ1) is 19.0. The van der Waals surface area contributed by atoms with Crippen LogP contribution >= 0.6 is 35.0 Å². The van der Waals surface area contributed by atoms with Gasteiger partial charge in [0.05, 0.1) is 26.1 Å². The normalized spacial score (nSPS) is 10.4. The Bertz CT molecular complexity index is 888. The van der Waals surface area contributed by atoms with Crippen LogP contribution < -0.4 is 5.32 Å². The summed E-state index contributed by atoms with van der Waals surface area (Å²) in [5.41, 5.74) is -1.03. The molecule has 2 N–H and O–H groups in total. The van der Waals surface area contributed by atoms with Crippen molar-refractivity contribution in [1.82, 2.24) is 5.32 Å². The first-order chi connectivity index (χ1) is 11.7. The molecule has 25 heavy (non-hydrogen) atoms. The zero-order valence-corrected chi connectivity index (χ0v) is 14.9. The Balaban J connectivity index is 2.66. The van der Waals surface area contributed by atoms with Gasteiger partial charge in [-0.05, 0) is 18.2 Å². The van der Waals surface area contributed by atoms with E-state index in [1.165, 1.54) is 19.2 Å². The highest BCUT2D eigenvalue weighted by atomic mass is 35.5. The number of carboxylic acid groups (broad SMARTS) is 1. The molecule has 0 fully saturated rings. The number of benzene rings is 2. The summed E-state index contributed by atoms with van der Waals surface area (Å²) in [6.07, 6.45) is 0. The van der Waals surface area contributed by atoms with Gasteiger partial charge in [0.2, 0.25) is 0 Å². The fraction of sp³-hybridized carbons (Fsp3) is 0.0667. The number of rotatable bonds is 5. The summed E-state index contributed by atoms with van der Waals surface area (Å²) >= 11 is 12.7. The fourth-order valence-electron chi connectivity index (χ4n) is 1.99. The molecule has 0 aliphatic heterocycles. The van der Waals surface area contributed by atoms with Crippen molar-refractivity contribution >= 4 is 52.5 Å². The molecule has 0 saturated carbocycles. The maximum Gasteiger partial charge on any atom is 0.337 e. The number of carboxylic acids is 1. The van der Waals surface area contributed by atoms with Gasteiger partial charge in [-0.25, -0.2) is 4.79 Å². The highest BCUT2D eigenvalue weighted by Crippen LogP contribution is 2.37. The van der Waals surface area contributed by atoms with Gasteiger partial charge in [-0.15, -0.1) is 0 Å². The van der Waals surface area contributed by atoms with Crippen molar-refractivity contribution < 1.29 is 19.6 Å². The van der Waals surface area contributed by atoms with Crippen LogP contribution in [0.3, 0.4) is 0 Å². The van der Waals surface area contributed by atoms with Crippen molar-refractivity contribution in [3.05, 3.63) is 61.6 Å². The van der Waals surface area contributed by atoms with Crippen LogP contribution in [-0.2, 0) is 0 Å². The Hall–Kier alpha value is -2.29. The van der Waals surface area contributed by atoms with Crippen molar-refractivity contribution in [2.45, 2.75) is 9.79 Å². The van der Waals surface area contributed by atoms with Crippen LogP contribution in [0.25, 0.3) is 0 Å². The molecule has 0 heterocycles. The van der Waals surface area contributed by atoms with Gasteiger partial charge in [0.15, 0.2) is 0 Å². The van der Waals surface area contributed by atoms with Crippen LogP contribution in [0.1, 0.15) is 20.7 Å². The molecule has 0 bridgehead atoms. The molecule has 130 valence electrons. The van der Waals surface area contributed by atoms with E-state index < -0.39 is 22.5 Å². The van der Waals surface area contributed by atoms with Crippen LogP contribution in [0.4, 0.5) is 5.69 Å². The molecule has 10 heteroatoms. The molecular formula is C15H10Cl2N2O5S. The Morgan fingerprint density at radius 2 is 1.88 bits per heavy atom. The minimum atomic E-state index is -1.38. The van der Waals surface area contributed by atoms with Crippen LogP contribution in [0.5, 0.6) is 0 Å². The van der Waals surface area contributed by atoms with E-state index in [-0.39, 0.29) is 21.0 Å². The summed E-state index contributed by atoms with van der Waals surface area (Å²) in [6, 6.07) is 6.63. The van der Waals surface area contributed by atoms with Gasteiger partial charge in [0.1, 0.15) is 0 Å². The molecule has 0 aromatic heterocycles. The molecule has 1 amide bonds. The smallest absolute Gasteiger partial charge is 0.337 e. The van der Waals surface area contributed by atoms with E-state index in [9.17, 15) is 24.8 Å². The summed E-state index contributed by atoms with van der Waals surface area (Å²) in [7, 11) is 1.30. The monoisotopic (exact) mass is 400 g/mol. The number of hydrogen-bond donors (Lipinski definition) is 2. The molecular weight excluding hydrogens is 391 g/mol. The quantitative estimate of drug-likeness (QED) is 0.577. The average molecular weight is 401 g/mol. The summed E-state index contributed by atoms with van der Waals surface area (Å²) in [5, 5.41) is 23.5. The molecule has 0 spiro atoms. The molecule has 2 aromatic rings. The molecule has 0 aliphatic carbocycles. The first-order valence-electron chi connectivity index (χ1n) is 6.65. The zero-order valence-electron chi connectivity index (χ0n) is 12.6. The van der Waals surface area contributed by atoms with Crippen LogP contribution in [0.15, 0.2) is 40.1 Å². The van der Waals surface area contributed by atoms with E-state index >= 15 is 0 Å². The molecule has 0 unspecified atom stereocenters. The van der Waals surface area contributed by atoms with E-state index in [0.717, 1.165) is 23.9 Å². The molecule has 2 rings (SSSR count).